The number of hydrogen-bond acceptors (Lipinski definition) is 3. The predicted octanol–water partition coefficient (Wildman–Crippen LogP) is 3.21. The van der Waals surface area contributed by atoms with Gasteiger partial charge in [0.15, 0.2) is 0 Å². The number of halogens is 1. The van der Waals surface area contributed by atoms with Crippen molar-refractivity contribution >= 4 is 15.9 Å². The van der Waals surface area contributed by atoms with E-state index in [0.29, 0.717) is 12.1 Å². The van der Waals surface area contributed by atoms with Crippen LogP contribution < -0.4 is 5.32 Å². The van der Waals surface area contributed by atoms with Gasteiger partial charge in [0.25, 0.3) is 0 Å². The van der Waals surface area contributed by atoms with Crippen LogP contribution in [0.4, 0.5) is 0 Å². The van der Waals surface area contributed by atoms with Gasteiger partial charge in [0.2, 0.25) is 0 Å². The van der Waals surface area contributed by atoms with Crippen molar-refractivity contribution in [2.75, 3.05) is 33.4 Å². The molecule has 1 heterocycles. The van der Waals surface area contributed by atoms with Crippen LogP contribution in [-0.2, 0) is 4.74 Å². The van der Waals surface area contributed by atoms with Gasteiger partial charge in [0.05, 0.1) is 13.2 Å². The third-order valence-corrected chi connectivity index (χ3v) is 4.62. The molecule has 0 radical (unpaired) electrons. The minimum atomic E-state index is 0.410. The lowest BCUT2D eigenvalue weighted by Crippen LogP contribution is -2.46. The molecule has 2 unspecified atom stereocenters. The van der Waals surface area contributed by atoms with E-state index < -0.39 is 0 Å². The van der Waals surface area contributed by atoms with Gasteiger partial charge in [0, 0.05) is 29.6 Å². The minimum Gasteiger partial charge on any atom is -0.378 e. The van der Waals surface area contributed by atoms with E-state index in [1.54, 1.807) is 0 Å². The first-order valence-corrected chi connectivity index (χ1v) is 8.28. The number of benzene rings is 1. The maximum absolute atomic E-state index is 5.57. The zero-order valence-electron chi connectivity index (χ0n) is 12.4. The molecule has 1 aliphatic rings. The standard InChI is InChI=1S/C16H25BrN2O/c1-3-15-12-20-10-9-19(15)8-7-16(18-2)13-5-4-6-14(17)11-13/h4-6,11,15-16,18H,3,7-10,12H2,1-2H3. The summed E-state index contributed by atoms with van der Waals surface area (Å²) in [7, 11) is 2.04. The highest BCUT2D eigenvalue weighted by molar-refractivity contribution is 9.10. The summed E-state index contributed by atoms with van der Waals surface area (Å²) < 4.78 is 6.72. The smallest absolute Gasteiger partial charge is 0.0622 e. The van der Waals surface area contributed by atoms with Crippen molar-refractivity contribution in [1.29, 1.82) is 0 Å². The lowest BCUT2D eigenvalue weighted by atomic mass is 10.0. The Morgan fingerprint density at radius 3 is 3.05 bits per heavy atom. The summed E-state index contributed by atoms with van der Waals surface area (Å²) >= 11 is 3.55. The number of morpholine rings is 1. The Balaban J connectivity index is 1.93. The van der Waals surface area contributed by atoms with E-state index in [0.717, 1.165) is 37.2 Å². The third kappa shape index (κ3) is 4.29. The molecular formula is C16H25BrN2O. The third-order valence-electron chi connectivity index (χ3n) is 4.13. The summed E-state index contributed by atoms with van der Waals surface area (Å²) in [6.07, 6.45) is 2.30. The Labute approximate surface area is 130 Å². The normalized spacial score (nSPS) is 21.9. The Hall–Kier alpha value is -0.420. The summed E-state index contributed by atoms with van der Waals surface area (Å²) in [4.78, 5) is 2.58. The Morgan fingerprint density at radius 1 is 1.50 bits per heavy atom. The van der Waals surface area contributed by atoms with Gasteiger partial charge >= 0.3 is 0 Å². The van der Waals surface area contributed by atoms with Crippen molar-refractivity contribution in [1.82, 2.24) is 10.2 Å². The van der Waals surface area contributed by atoms with Crippen LogP contribution >= 0.6 is 15.9 Å². The van der Waals surface area contributed by atoms with E-state index in [1.165, 1.54) is 12.0 Å². The molecule has 1 saturated heterocycles. The van der Waals surface area contributed by atoms with Crippen molar-refractivity contribution in [3.8, 4) is 0 Å². The maximum Gasteiger partial charge on any atom is 0.0622 e. The quantitative estimate of drug-likeness (QED) is 0.860. The number of ether oxygens (including phenoxy) is 1. The molecule has 0 amide bonds. The SMILES string of the molecule is CCC1COCCN1CCC(NC)c1cccc(Br)c1. The second-order valence-corrected chi connectivity index (χ2v) is 6.27. The van der Waals surface area contributed by atoms with Crippen LogP contribution in [0.25, 0.3) is 0 Å². The van der Waals surface area contributed by atoms with Gasteiger partial charge in [-0.1, -0.05) is 35.0 Å². The minimum absolute atomic E-state index is 0.410. The first-order chi connectivity index (χ1) is 9.74. The van der Waals surface area contributed by atoms with Crippen molar-refractivity contribution in [2.24, 2.45) is 0 Å². The second kappa shape index (κ2) is 8.13. The van der Waals surface area contributed by atoms with Crippen LogP contribution in [0.1, 0.15) is 31.4 Å². The first-order valence-electron chi connectivity index (χ1n) is 7.49. The van der Waals surface area contributed by atoms with Gasteiger partial charge in [-0.3, -0.25) is 4.90 Å². The van der Waals surface area contributed by atoms with Gasteiger partial charge in [-0.15, -0.1) is 0 Å². The second-order valence-electron chi connectivity index (χ2n) is 5.36. The van der Waals surface area contributed by atoms with Crippen molar-refractivity contribution < 1.29 is 4.74 Å². The van der Waals surface area contributed by atoms with Crippen LogP contribution in [0.5, 0.6) is 0 Å². The summed E-state index contributed by atoms with van der Waals surface area (Å²) in [5.41, 5.74) is 1.35. The van der Waals surface area contributed by atoms with Crippen LogP contribution in [-0.4, -0.2) is 44.3 Å². The number of hydrogen-bond donors (Lipinski definition) is 1. The number of nitrogens with zero attached hydrogens (tertiary/aromatic N) is 1. The lowest BCUT2D eigenvalue weighted by molar-refractivity contribution is -0.00997. The molecule has 0 spiro atoms. The Kier molecular flexibility index (Phi) is 6.49. The average Bonchev–Trinajstić information content (AvgIpc) is 2.48. The molecule has 0 bridgehead atoms. The number of nitrogens with one attached hydrogen (secondary N) is 1. The van der Waals surface area contributed by atoms with Crippen LogP contribution in [0.2, 0.25) is 0 Å². The molecule has 1 aliphatic heterocycles. The van der Waals surface area contributed by atoms with Gasteiger partial charge in [-0.05, 0) is 37.6 Å². The molecule has 112 valence electrons. The van der Waals surface area contributed by atoms with Gasteiger partial charge in [-0.2, -0.15) is 0 Å². The molecule has 0 aliphatic carbocycles. The zero-order chi connectivity index (χ0) is 14.4. The van der Waals surface area contributed by atoms with Gasteiger partial charge in [0.1, 0.15) is 0 Å². The summed E-state index contributed by atoms with van der Waals surface area (Å²) in [6.45, 7) is 6.19. The van der Waals surface area contributed by atoms with E-state index in [-0.39, 0.29) is 0 Å². The fourth-order valence-electron chi connectivity index (χ4n) is 2.86. The van der Waals surface area contributed by atoms with Gasteiger partial charge < -0.3 is 10.1 Å². The first kappa shape index (κ1) is 16.0. The molecular weight excluding hydrogens is 316 g/mol. The summed E-state index contributed by atoms with van der Waals surface area (Å²) in [5.74, 6) is 0. The highest BCUT2D eigenvalue weighted by Gasteiger charge is 2.22. The van der Waals surface area contributed by atoms with Crippen molar-refractivity contribution in [3.05, 3.63) is 34.3 Å². The van der Waals surface area contributed by atoms with E-state index in [4.69, 9.17) is 4.74 Å². The van der Waals surface area contributed by atoms with E-state index in [2.05, 4.69) is 57.3 Å². The van der Waals surface area contributed by atoms with Crippen LogP contribution in [0.3, 0.4) is 0 Å². The molecule has 20 heavy (non-hydrogen) atoms. The monoisotopic (exact) mass is 340 g/mol. The molecule has 2 atom stereocenters. The van der Waals surface area contributed by atoms with Crippen LogP contribution in [0, 0.1) is 0 Å². The molecule has 4 heteroatoms. The lowest BCUT2D eigenvalue weighted by Gasteiger charge is -2.35. The highest BCUT2D eigenvalue weighted by atomic mass is 79.9. The molecule has 1 aromatic rings. The Morgan fingerprint density at radius 2 is 2.35 bits per heavy atom. The van der Waals surface area contributed by atoms with Crippen LogP contribution in [0.15, 0.2) is 28.7 Å². The molecule has 1 aromatic carbocycles. The average molecular weight is 341 g/mol. The molecule has 3 nitrogen and oxygen atoms in total. The summed E-state index contributed by atoms with van der Waals surface area (Å²) in [6, 6.07) is 9.58. The van der Waals surface area contributed by atoms with E-state index in [9.17, 15) is 0 Å². The van der Waals surface area contributed by atoms with E-state index >= 15 is 0 Å². The maximum atomic E-state index is 5.57. The number of rotatable bonds is 6. The summed E-state index contributed by atoms with van der Waals surface area (Å²) in [5, 5.41) is 3.44. The predicted molar refractivity (Wildman–Crippen MR) is 87.0 cm³/mol. The van der Waals surface area contributed by atoms with E-state index in [1.807, 2.05) is 7.05 Å². The highest BCUT2D eigenvalue weighted by Crippen LogP contribution is 2.22. The zero-order valence-corrected chi connectivity index (χ0v) is 14.0. The largest absolute Gasteiger partial charge is 0.378 e. The Bertz CT molecular complexity index is 413. The fourth-order valence-corrected chi connectivity index (χ4v) is 3.27. The van der Waals surface area contributed by atoms with Crippen molar-refractivity contribution in [3.63, 3.8) is 0 Å². The van der Waals surface area contributed by atoms with Gasteiger partial charge in [-0.25, -0.2) is 0 Å². The molecule has 0 aromatic heterocycles. The van der Waals surface area contributed by atoms with Crippen molar-refractivity contribution in [2.45, 2.75) is 31.8 Å². The molecule has 2 rings (SSSR count). The fraction of sp³-hybridized carbons (Fsp3) is 0.625. The molecule has 0 saturated carbocycles. The topological polar surface area (TPSA) is 24.5 Å². The molecule has 1 N–H and O–H groups in total. The molecule has 1 fully saturated rings.